The van der Waals surface area contributed by atoms with E-state index in [2.05, 4.69) is 38.7 Å². The molecule has 0 atom stereocenters. The van der Waals surface area contributed by atoms with Crippen molar-refractivity contribution in [2.24, 2.45) is 0 Å². The van der Waals surface area contributed by atoms with Crippen LogP contribution in [0.3, 0.4) is 0 Å². The van der Waals surface area contributed by atoms with Gasteiger partial charge in [-0.15, -0.1) is 0 Å². The minimum absolute atomic E-state index is 1.03. The van der Waals surface area contributed by atoms with Crippen LogP contribution < -0.4 is 10.6 Å². The van der Waals surface area contributed by atoms with E-state index in [1.54, 1.807) is 0 Å². The first-order valence-corrected chi connectivity index (χ1v) is 6.07. The van der Waals surface area contributed by atoms with E-state index < -0.39 is 0 Å². The Morgan fingerprint density at radius 3 is 2.50 bits per heavy atom. The van der Waals surface area contributed by atoms with Crippen LogP contribution in [0.5, 0.6) is 0 Å². The summed E-state index contributed by atoms with van der Waals surface area (Å²) in [5.41, 5.74) is 2.34. The van der Waals surface area contributed by atoms with Gasteiger partial charge in [-0.05, 0) is 25.0 Å². The molecule has 1 rings (SSSR count). The van der Waals surface area contributed by atoms with Crippen LogP contribution in [0.1, 0.15) is 12.8 Å². The van der Waals surface area contributed by atoms with E-state index in [4.69, 9.17) is 0 Å². The van der Waals surface area contributed by atoms with Crippen LogP contribution in [0.4, 0.5) is 11.4 Å². The van der Waals surface area contributed by atoms with Crippen molar-refractivity contribution in [1.82, 2.24) is 0 Å². The van der Waals surface area contributed by atoms with Gasteiger partial charge in [0.1, 0.15) is 0 Å². The van der Waals surface area contributed by atoms with Gasteiger partial charge in [-0.2, -0.15) is 0 Å². The number of halogens is 1. The number of hydrogen-bond donors (Lipinski definition) is 2. The second-order valence-corrected chi connectivity index (χ2v) is 3.91. The fourth-order valence-electron chi connectivity index (χ4n) is 1.30. The quantitative estimate of drug-likeness (QED) is 0.603. The highest BCUT2D eigenvalue weighted by Crippen LogP contribution is 2.19. The Hall–Kier alpha value is -0.700. The molecular weight excluding hydrogens is 240 g/mol. The molecule has 0 amide bonds. The van der Waals surface area contributed by atoms with Gasteiger partial charge >= 0.3 is 0 Å². The van der Waals surface area contributed by atoms with E-state index in [1.807, 2.05) is 19.2 Å². The molecule has 2 nitrogen and oxygen atoms in total. The molecule has 0 bridgehead atoms. The van der Waals surface area contributed by atoms with Gasteiger partial charge in [-0.1, -0.05) is 28.1 Å². The average molecular weight is 257 g/mol. The van der Waals surface area contributed by atoms with E-state index in [9.17, 15) is 0 Å². The number of hydrogen-bond acceptors (Lipinski definition) is 2. The van der Waals surface area contributed by atoms with Crippen LogP contribution in [0, 0.1) is 0 Å². The molecule has 0 aliphatic carbocycles. The number of unbranched alkanes of at least 4 members (excludes halogenated alkanes) is 1. The third-order valence-corrected chi connectivity index (χ3v) is 2.63. The monoisotopic (exact) mass is 256 g/mol. The first kappa shape index (κ1) is 11.4. The van der Waals surface area contributed by atoms with Crippen LogP contribution in [-0.4, -0.2) is 18.9 Å². The average Bonchev–Trinajstić information content (AvgIpc) is 2.25. The summed E-state index contributed by atoms with van der Waals surface area (Å²) in [7, 11) is 1.94. The Labute approximate surface area is 94.2 Å². The Bertz CT molecular complexity index is 263. The number of anilines is 2. The van der Waals surface area contributed by atoms with E-state index >= 15 is 0 Å². The predicted molar refractivity (Wildman–Crippen MR) is 67.5 cm³/mol. The summed E-state index contributed by atoms with van der Waals surface area (Å²) in [6, 6.07) is 8.26. The Balaban J connectivity index is 2.41. The van der Waals surface area contributed by atoms with Crippen LogP contribution >= 0.6 is 15.9 Å². The molecular formula is C11H17BrN2. The molecule has 2 N–H and O–H groups in total. The summed E-state index contributed by atoms with van der Waals surface area (Å²) in [5.74, 6) is 0. The number of alkyl halides is 1. The zero-order chi connectivity index (χ0) is 10.2. The van der Waals surface area contributed by atoms with Gasteiger partial charge < -0.3 is 10.6 Å². The summed E-state index contributed by atoms with van der Waals surface area (Å²) >= 11 is 3.42. The van der Waals surface area contributed by atoms with Crippen molar-refractivity contribution in [2.75, 3.05) is 29.6 Å². The maximum Gasteiger partial charge on any atom is 0.0575 e. The molecule has 0 aliphatic rings. The van der Waals surface area contributed by atoms with Crippen molar-refractivity contribution in [3.05, 3.63) is 24.3 Å². The molecule has 0 radical (unpaired) electrons. The molecule has 1 aromatic rings. The lowest BCUT2D eigenvalue weighted by Gasteiger charge is -2.10. The highest BCUT2D eigenvalue weighted by molar-refractivity contribution is 9.09. The van der Waals surface area contributed by atoms with Gasteiger partial charge in [0.05, 0.1) is 11.4 Å². The van der Waals surface area contributed by atoms with Crippen molar-refractivity contribution >= 4 is 27.3 Å². The number of benzene rings is 1. The molecule has 1 aromatic carbocycles. The van der Waals surface area contributed by atoms with E-state index in [1.165, 1.54) is 18.5 Å². The summed E-state index contributed by atoms with van der Waals surface area (Å²) in [6.45, 7) is 1.03. The van der Waals surface area contributed by atoms with Gasteiger partial charge in [0.25, 0.3) is 0 Å². The smallest absolute Gasteiger partial charge is 0.0575 e. The summed E-state index contributed by atoms with van der Waals surface area (Å²) in [5, 5.41) is 7.67. The molecule has 0 spiro atoms. The lowest BCUT2D eigenvalue weighted by Crippen LogP contribution is -2.04. The normalized spacial score (nSPS) is 9.86. The third-order valence-electron chi connectivity index (χ3n) is 2.07. The molecule has 0 unspecified atom stereocenters. The summed E-state index contributed by atoms with van der Waals surface area (Å²) < 4.78 is 0. The first-order chi connectivity index (χ1) is 6.88. The van der Waals surface area contributed by atoms with E-state index in [0.29, 0.717) is 0 Å². The lowest BCUT2D eigenvalue weighted by atomic mass is 10.2. The van der Waals surface area contributed by atoms with Crippen molar-refractivity contribution in [1.29, 1.82) is 0 Å². The maximum absolute atomic E-state index is 3.42. The molecule has 0 heterocycles. The molecule has 0 saturated heterocycles. The molecule has 0 fully saturated rings. The molecule has 0 saturated carbocycles. The number of rotatable bonds is 6. The van der Waals surface area contributed by atoms with Gasteiger partial charge in [0.15, 0.2) is 0 Å². The summed E-state index contributed by atoms with van der Waals surface area (Å²) in [6.07, 6.45) is 2.41. The van der Waals surface area contributed by atoms with Crippen molar-refractivity contribution < 1.29 is 0 Å². The van der Waals surface area contributed by atoms with Gasteiger partial charge in [-0.25, -0.2) is 0 Å². The molecule has 0 aliphatic heterocycles. The van der Waals surface area contributed by atoms with Crippen molar-refractivity contribution in [3.63, 3.8) is 0 Å². The zero-order valence-electron chi connectivity index (χ0n) is 8.52. The maximum atomic E-state index is 3.42. The Morgan fingerprint density at radius 2 is 1.86 bits per heavy atom. The molecule has 0 aromatic heterocycles. The van der Waals surface area contributed by atoms with Crippen molar-refractivity contribution in [3.8, 4) is 0 Å². The third kappa shape index (κ3) is 3.58. The highest BCUT2D eigenvalue weighted by Gasteiger charge is 1.97. The molecule has 78 valence electrons. The lowest BCUT2D eigenvalue weighted by molar-refractivity contribution is 0.847. The summed E-state index contributed by atoms with van der Waals surface area (Å²) in [4.78, 5) is 0. The Morgan fingerprint density at radius 1 is 1.14 bits per heavy atom. The fraction of sp³-hybridized carbons (Fsp3) is 0.455. The predicted octanol–water partition coefficient (Wildman–Crippen LogP) is 3.32. The zero-order valence-corrected chi connectivity index (χ0v) is 10.1. The van der Waals surface area contributed by atoms with E-state index in [0.717, 1.165) is 17.6 Å². The SMILES string of the molecule is CNc1ccccc1NCCCCBr. The second kappa shape index (κ2) is 6.71. The topological polar surface area (TPSA) is 24.1 Å². The highest BCUT2D eigenvalue weighted by atomic mass is 79.9. The van der Waals surface area contributed by atoms with Gasteiger partial charge in [0.2, 0.25) is 0 Å². The minimum atomic E-state index is 1.03. The van der Waals surface area contributed by atoms with Crippen LogP contribution in [-0.2, 0) is 0 Å². The van der Waals surface area contributed by atoms with Crippen LogP contribution in [0.25, 0.3) is 0 Å². The van der Waals surface area contributed by atoms with Crippen molar-refractivity contribution in [2.45, 2.75) is 12.8 Å². The number of para-hydroxylation sites is 2. The first-order valence-electron chi connectivity index (χ1n) is 4.95. The van der Waals surface area contributed by atoms with Gasteiger partial charge in [-0.3, -0.25) is 0 Å². The minimum Gasteiger partial charge on any atom is -0.386 e. The van der Waals surface area contributed by atoms with Crippen LogP contribution in [0.15, 0.2) is 24.3 Å². The van der Waals surface area contributed by atoms with E-state index in [-0.39, 0.29) is 0 Å². The number of nitrogens with one attached hydrogen (secondary N) is 2. The second-order valence-electron chi connectivity index (χ2n) is 3.12. The molecule has 14 heavy (non-hydrogen) atoms. The molecule has 3 heteroatoms. The Kier molecular flexibility index (Phi) is 5.45. The largest absolute Gasteiger partial charge is 0.386 e. The fourth-order valence-corrected chi connectivity index (χ4v) is 1.69. The van der Waals surface area contributed by atoms with Gasteiger partial charge in [0, 0.05) is 18.9 Å². The standard InChI is InChI=1S/C11H17BrN2/c1-13-10-6-2-3-7-11(10)14-9-5-4-8-12/h2-3,6-7,13-14H,4-5,8-9H2,1H3. The van der Waals surface area contributed by atoms with Crippen LogP contribution in [0.2, 0.25) is 0 Å².